The molecular formula is C13H21NO. The van der Waals surface area contributed by atoms with Gasteiger partial charge in [0, 0.05) is 6.54 Å². The van der Waals surface area contributed by atoms with Gasteiger partial charge in [0.1, 0.15) is 0 Å². The van der Waals surface area contributed by atoms with Gasteiger partial charge in [-0.3, -0.25) is 0 Å². The van der Waals surface area contributed by atoms with Gasteiger partial charge in [-0.05, 0) is 25.5 Å². The Morgan fingerprint density at radius 1 is 1.27 bits per heavy atom. The Balaban J connectivity index is 2.45. The molecule has 2 heteroatoms. The lowest BCUT2D eigenvalue weighted by Crippen LogP contribution is -2.35. The zero-order valence-corrected chi connectivity index (χ0v) is 9.66. The lowest BCUT2D eigenvalue weighted by molar-refractivity contribution is 0.0571. The first-order chi connectivity index (χ1) is 7.17. The standard InChI is InChI=1S/C13H21NO/c1-3-4-10-14-11-13(2,15)12-8-6-5-7-9-12/h5-9,14-15H,3-4,10-11H2,1-2H3/t13-/m1/s1. The second-order valence-electron chi connectivity index (χ2n) is 4.17. The van der Waals surface area contributed by atoms with Gasteiger partial charge in [0.25, 0.3) is 0 Å². The Morgan fingerprint density at radius 2 is 1.93 bits per heavy atom. The van der Waals surface area contributed by atoms with Crippen LogP contribution in [0.25, 0.3) is 0 Å². The van der Waals surface area contributed by atoms with Gasteiger partial charge in [-0.2, -0.15) is 0 Å². The lowest BCUT2D eigenvalue weighted by Gasteiger charge is -2.24. The molecule has 1 rings (SSSR count). The molecule has 0 amide bonds. The molecule has 0 spiro atoms. The molecule has 0 unspecified atom stereocenters. The van der Waals surface area contributed by atoms with Crippen LogP contribution in [0.15, 0.2) is 30.3 Å². The molecule has 0 fully saturated rings. The second-order valence-corrected chi connectivity index (χ2v) is 4.17. The molecule has 0 heterocycles. The van der Waals surface area contributed by atoms with Crippen molar-refractivity contribution in [3.05, 3.63) is 35.9 Å². The van der Waals surface area contributed by atoms with Crippen LogP contribution in [0, 0.1) is 0 Å². The van der Waals surface area contributed by atoms with Crippen molar-refractivity contribution < 1.29 is 5.11 Å². The Bertz CT molecular complexity index is 269. The zero-order chi connectivity index (χ0) is 11.1. The molecule has 0 bridgehead atoms. The van der Waals surface area contributed by atoms with E-state index in [1.54, 1.807) is 0 Å². The van der Waals surface area contributed by atoms with E-state index in [2.05, 4.69) is 12.2 Å². The molecule has 2 nitrogen and oxygen atoms in total. The van der Waals surface area contributed by atoms with E-state index in [4.69, 9.17) is 0 Å². The smallest absolute Gasteiger partial charge is 0.0992 e. The van der Waals surface area contributed by atoms with Gasteiger partial charge in [0.2, 0.25) is 0 Å². The second kappa shape index (κ2) is 5.89. The molecule has 0 saturated carbocycles. The number of hydrogen-bond acceptors (Lipinski definition) is 2. The van der Waals surface area contributed by atoms with Crippen LogP contribution in [0.4, 0.5) is 0 Å². The highest BCUT2D eigenvalue weighted by atomic mass is 16.3. The molecule has 1 aromatic rings. The highest BCUT2D eigenvalue weighted by Gasteiger charge is 2.21. The lowest BCUT2D eigenvalue weighted by atomic mass is 9.96. The Morgan fingerprint density at radius 3 is 2.53 bits per heavy atom. The van der Waals surface area contributed by atoms with E-state index in [-0.39, 0.29) is 0 Å². The van der Waals surface area contributed by atoms with Gasteiger partial charge in [0.05, 0.1) is 5.60 Å². The quantitative estimate of drug-likeness (QED) is 0.701. The molecule has 2 N–H and O–H groups in total. The maximum Gasteiger partial charge on any atom is 0.0992 e. The van der Waals surface area contributed by atoms with Gasteiger partial charge < -0.3 is 10.4 Å². The van der Waals surface area contributed by atoms with Gasteiger partial charge in [-0.1, -0.05) is 43.7 Å². The summed E-state index contributed by atoms with van der Waals surface area (Å²) in [5.41, 5.74) is 0.198. The summed E-state index contributed by atoms with van der Waals surface area (Å²) < 4.78 is 0. The summed E-state index contributed by atoms with van der Waals surface area (Å²) in [6.45, 7) is 5.59. The fraction of sp³-hybridized carbons (Fsp3) is 0.538. The number of benzene rings is 1. The van der Waals surface area contributed by atoms with E-state index >= 15 is 0 Å². The van der Waals surface area contributed by atoms with E-state index in [9.17, 15) is 5.11 Å². The number of hydrogen-bond donors (Lipinski definition) is 2. The summed E-state index contributed by atoms with van der Waals surface area (Å²) in [6, 6.07) is 9.79. The minimum atomic E-state index is -0.769. The molecule has 15 heavy (non-hydrogen) atoms. The minimum Gasteiger partial charge on any atom is -0.384 e. The van der Waals surface area contributed by atoms with Crippen LogP contribution in [0.3, 0.4) is 0 Å². The van der Waals surface area contributed by atoms with E-state index in [0.717, 1.165) is 18.5 Å². The highest BCUT2D eigenvalue weighted by Crippen LogP contribution is 2.18. The Kier molecular flexibility index (Phi) is 4.79. The largest absolute Gasteiger partial charge is 0.384 e. The first kappa shape index (κ1) is 12.2. The average Bonchev–Trinajstić information content (AvgIpc) is 2.26. The summed E-state index contributed by atoms with van der Waals surface area (Å²) >= 11 is 0. The van der Waals surface area contributed by atoms with Crippen LogP contribution in [-0.2, 0) is 5.60 Å². The van der Waals surface area contributed by atoms with Crippen molar-refractivity contribution in [1.29, 1.82) is 0 Å². The maximum absolute atomic E-state index is 10.2. The predicted octanol–water partition coefficient (Wildman–Crippen LogP) is 2.28. The van der Waals surface area contributed by atoms with E-state index in [1.807, 2.05) is 37.3 Å². The van der Waals surface area contributed by atoms with Crippen molar-refractivity contribution in [2.24, 2.45) is 0 Å². The fourth-order valence-corrected chi connectivity index (χ4v) is 1.53. The van der Waals surface area contributed by atoms with Gasteiger partial charge >= 0.3 is 0 Å². The third-order valence-corrected chi connectivity index (χ3v) is 2.57. The summed E-state index contributed by atoms with van der Waals surface area (Å²) in [6.07, 6.45) is 2.34. The number of nitrogens with one attached hydrogen (secondary N) is 1. The molecule has 1 atom stereocenters. The summed E-state index contributed by atoms with van der Waals surface area (Å²) in [7, 11) is 0. The van der Waals surface area contributed by atoms with Crippen molar-refractivity contribution >= 4 is 0 Å². The van der Waals surface area contributed by atoms with Crippen LogP contribution < -0.4 is 5.32 Å². The zero-order valence-electron chi connectivity index (χ0n) is 9.66. The molecule has 0 aliphatic carbocycles. The number of aliphatic hydroxyl groups is 1. The minimum absolute atomic E-state index is 0.608. The first-order valence-electron chi connectivity index (χ1n) is 5.65. The van der Waals surface area contributed by atoms with Crippen LogP contribution in [0.2, 0.25) is 0 Å². The fourth-order valence-electron chi connectivity index (χ4n) is 1.53. The highest BCUT2D eigenvalue weighted by molar-refractivity contribution is 5.21. The van der Waals surface area contributed by atoms with Crippen molar-refractivity contribution in [2.75, 3.05) is 13.1 Å². The van der Waals surface area contributed by atoms with Crippen molar-refractivity contribution in [1.82, 2.24) is 5.32 Å². The summed E-state index contributed by atoms with van der Waals surface area (Å²) in [5.74, 6) is 0. The van der Waals surface area contributed by atoms with E-state index in [0.29, 0.717) is 6.54 Å². The first-order valence-corrected chi connectivity index (χ1v) is 5.65. The monoisotopic (exact) mass is 207 g/mol. The number of rotatable bonds is 6. The average molecular weight is 207 g/mol. The molecule has 0 aliphatic rings. The molecule has 0 aliphatic heterocycles. The topological polar surface area (TPSA) is 32.3 Å². The van der Waals surface area contributed by atoms with E-state index in [1.165, 1.54) is 6.42 Å². The van der Waals surface area contributed by atoms with Crippen molar-refractivity contribution in [3.63, 3.8) is 0 Å². The van der Waals surface area contributed by atoms with Gasteiger partial charge in [0.15, 0.2) is 0 Å². The summed E-state index contributed by atoms with van der Waals surface area (Å²) in [5, 5.41) is 13.5. The molecule has 0 aromatic heterocycles. The van der Waals surface area contributed by atoms with Crippen molar-refractivity contribution in [2.45, 2.75) is 32.3 Å². The Hall–Kier alpha value is -0.860. The molecule has 0 radical (unpaired) electrons. The SMILES string of the molecule is CCCCNC[C@@](C)(O)c1ccccc1. The Labute approximate surface area is 92.3 Å². The van der Waals surface area contributed by atoms with Crippen LogP contribution in [0.5, 0.6) is 0 Å². The van der Waals surface area contributed by atoms with Gasteiger partial charge in [-0.15, -0.1) is 0 Å². The number of unbranched alkanes of at least 4 members (excludes halogenated alkanes) is 1. The van der Waals surface area contributed by atoms with Gasteiger partial charge in [-0.25, -0.2) is 0 Å². The third kappa shape index (κ3) is 4.02. The van der Waals surface area contributed by atoms with Crippen LogP contribution in [-0.4, -0.2) is 18.2 Å². The van der Waals surface area contributed by atoms with Crippen molar-refractivity contribution in [3.8, 4) is 0 Å². The third-order valence-electron chi connectivity index (χ3n) is 2.57. The molecule has 84 valence electrons. The molecule has 1 aromatic carbocycles. The van der Waals surface area contributed by atoms with E-state index < -0.39 is 5.60 Å². The molecular weight excluding hydrogens is 186 g/mol. The summed E-state index contributed by atoms with van der Waals surface area (Å²) in [4.78, 5) is 0. The van der Waals surface area contributed by atoms with Crippen LogP contribution >= 0.6 is 0 Å². The maximum atomic E-state index is 10.2. The normalized spacial score (nSPS) is 14.9. The molecule has 0 saturated heterocycles. The van der Waals surface area contributed by atoms with Crippen LogP contribution in [0.1, 0.15) is 32.3 Å². The predicted molar refractivity (Wildman–Crippen MR) is 63.8 cm³/mol.